The quantitative estimate of drug-likeness (QED) is 0.576. The highest BCUT2D eigenvalue weighted by atomic mass is 19.3. The van der Waals surface area contributed by atoms with E-state index in [0.717, 1.165) is 10.8 Å². The smallest absolute Gasteiger partial charge is 0.387 e. The number of aromatic nitrogens is 2. The lowest BCUT2D eigenvalue weighted by molar-refractivity contribution is -0.0499. The molecule has 2 aromatic carbocycles. The summed E-state index contributed by atoms with van der Waals surface area (Å²) in [4.78, 5) is 0. The molecule has 1 heterocycles. The molecule has 1 aromatic heterocycles. The van der Waals surface area contributed by atoms with Crippen LogP contribution in [-0.2, 0) is 0 Å². The van der Waals surface area contributed by atoms with Crippen molar-refractivity contribution in [3.8, 4) is 5.75 Å². The summed E-state index contributed by atoms with van der Waals surface area (Å²) in [6.45, 7) is -2.89. The first kappa shape index (κ1) is 14.8. The van der Waals surface area contributed by atoms with E-state index in [-0.39, 0.29) is 5.75 Å². The molecule has 5 nitrogen and oxygen atoms in total. The molecule has 0 unspecified atom stereocenters. The fourth-order valence-corrected chi connectivity index (χ4v) is 2.06. The van der Waals surface area contributed by atoms with Gasteiger partial charge in [-0.05, 0) is 12.1 Å². The van der Waals surface area contributed by atoms with Crippen LogP contribution in [0.3, 0.4) is 0 Å². The minimum atomic E-state index is -2.89. The maximum absolute atomic E-state index is 12.4. The Morgan fingerprint density at radius 1 is 1.09 bits per heavy atom. The highest BCUT2D eigenvalue weighted by Crippen LogP contribution is 2.20. The molecule has 0 saturated carbocycles. The van der Waals surface area contributed by atoms with Crippen molar-refractivity contribution < 1.29 is 13.5 Å². The van der Waals surface area contributed by atoms with Gasteiger partial charge in [-0.25, -0.2) is 0 Å². The Morgan fingerprint density at radius 3 is 2.74 bits per heavy atom. The van der Waals surface area contributed by atoms with Gasteiger partial charge in [-0.15, -0.1) is 5.10 Å². The molecule has 0 aliphatic rings. The molecular weight excluding hydrogens is 302 g/mol. The normalized spacial score (nSPS) is 11.3. The van der Waals surface area contributed by atoms with E-state index in [9.17, 15) is 8.78 Å². The molecule has 23 heavy (non-hydrogen) atoms. The van der Waals surface area contributed by atoms with Crippen LogP contribution in [0, 0.1) is 0 Å². The van der Waals surface area contributed by atoms with Crippen LogP contribution in [0.1, 0.15) is 5.56 Å². The van der Waals surface area contributed by atoms with Crippen molar-refractivity contribution in [1.29, 1.82) is 0 Å². The topological polar surface area (TPSA) is 59.4 Å². The van der Waals surface area contributed by atoms with Crippen molar-refractivity contribution >= 4 is 22.8 Å². The number of alkyl halides is 2. The number of nitrogens with zero attached hydrogens (tertiary/aromatic N) is 3. The highest BCUT2D eigenvalue weighted by Gasteiger charge is 2.07. The van der Waals surface area contributed by atoms with Crippen molar-refractivity contribution in [2.24, 2.45) is 5.10 Å². The van der Waals surface area contributed by atoms with Gasteiger partial charge in [0.25, 0.3) is 0 Å². The second kappa shape index (κ2) is 6.78. The SMILES string of the molecule is FC(F)Oc1ccccc1C=NNc1nncc2ccccc12. The number of hydrazone groups is 1. The molecule has 3 aromatic rings. The van der Waals surface area contributed by atoms with Crippen LogP contribution in [0.15, 0.2) is 59.8 Å². The molecule has 0 fully saturated rings. The van der Waals surface area contributed by atoms with Crippen LogP contribution < -0.4 is 10.2 Å². The average Bonchev–Trinajstić information content (AvgIpc) is 2.56. The molecule has 0 aliphatic carbocycles. The summed E-state index contributed by atoms with van der Waals surface area (Å²) in [5.41, 5.74) is 3.19. The van der Waals surface area contributed by atoms with Gasteiger partial charge in [-0.2, -0.15) is 19.0 Å². The standard InChI is InChI=1S/C16H12F2N4O/c17-16(18)23-14-8-4-2-6-12(14)10-20-22-15-13-7-3-1-5-11(13)9-19-21-15/h1-10,16H,(H,21,22). The van der Waals surface area contributed by atoms with Crippen LogP contribution in [0.4, 0.5) is 14.6 Å². The van der Waals surface area contributed by atoms with Gasteiger partial charge in [0.05, 0.1) is 12.4 Å². The molecule has 1 N–H and O–H groups in total. The number of ether oxygens (including phenoxy) is 1. The van der Waals surface area contributed by atoms with E-state index in [1.165, 1.54) is 12.3 Å². The van der Waals surface area contributed by atoms with E-state index in [2.05, 4.69) is 25.5 Å². The zero-order valence-electron chi connectivity index (χ0n) is 11.9. The minimum Gasteiger partial charge on any atom is -0.434 e. The van der Waals surface area contributed by atoms with Gasteiger partial charge in [0.1, 0.15) is 5.75 Å². The lowest BCUT2D eigenvalue weighted by Crippen LogP contribution is -2.04. The van der Waals surface area contributed by atoms with Crippen molar-refractivity contribution in [3.63, 3.8) is 0 Å². The van der Waals surface area contributed by atoms with E-state index < -0.39 is 6.61 Å². The third-order valence-electron chi connectivity index (χ3n) is 3.08. The summed E-state index contributed by atoms with van der Waals surface area (Å²) in [6, 6.07) is 14.0. The van der Waals surface area contributed by atoms with Crippen LogP contribution in [0.25, 0.3) is 10.8 Å². The Kier molecular flexibility index (Phi) is 4.37. The van der Waals surface area contributed by atoms with E-state index in [1.807, 2.05) is 24.3 Å². The number of hydrogen-bond acceptors (Lipinski definition) is 5. The number of nitrogens with one attached hydrogen (secondary N) is 1. The van der Waals surface area contributed by atoms with Gasteiger partial charge < -0.3 is 4.74 Å². The number of fused-ring (bicyclic) bond motifs is 1. The average molecular weight is 314 g/mol. The zero-order valence-corrected chi connectivity index (χ0v) is 11.9. The number of anilines is 1. The van der Waals surface area contributed by atoms with Crippen molar-refractivity contribution in [3.05, 3.63) is 60.3 Å². The van der Waals surface area contributed by atoms with Crippen molar-refractivity contribution in [1.82, 2.24) is 10.2 Å². The number of hydrogen-bond donors (Lipinski definition) is 1. The summed E-state index contributed by atoms with van der Waals surface area (Å²) < 4.78 is 29.2. The largest absolute Gasteiger partial charge is 0.434 e. The van der Waals surface area contributed by atoms with Crippen molar-refractivity contribution in [2.75, 3.05) is 5.43 Å². The first-order valence-corrected chi connectivity index (χ1v) is 6.77. The van der Waals surface area contributed by atoms with E-state index in [1.54, 1.807) is 24.4 Å². The molecule has 7 heteroatoms. The second-order valence-corrected chi connectivity index (χ2v) is 4.57. The Labute approximate surface area is 130 Å². The van der Waals surface area contributed by atoms with Gasteiger partial charge in [0.15, 0.2) is 5.82 Å². The Bertz CT molecular complexity index is 834. The van der Waals surface area contributed by atoms with Gasteiger partial charge >= 0.3 is 6.61 Å². The fraction of sp³-hybridized carbons (Fsp3) is 0.0625. The van der Waals surface area contributed by atoms with Crippen LogP contribution >= 0.6 is 0 Å². The summed E-state index contributed by atoms with van der Waals surface area (Å²) in [7, 11) is 0. The Morgan fingerprint density at radius 2 is 1.87 bits per heavy atom. The molecule has 0 aliphatic heterocycles. The first-order chi connectivity index (χ1) is 11.2. The number of para-hydroxylation sites is 1. The lowest BCUT2D eigenvalue weighted by atomic mass is 10.2. The number of halogens is 2. The summed E-state index contributed by atoms with van der Waals surface area (Å²) >= 11 is 0. The van der Waals surface area contributed by atoms with Gasteiger partial charge in [-0.3, -0.25) is 5.43 Å². The third kappa shape index (κ3) is 3.57. The molecule has 0 atom stereocenters. The predicted molar refractivity (Wildman–Crippen MR) is 83.8 cm³/mol. The molecule has 116 valence electrons. The van der Waals surface area contributed by atoms with E-state index in [0.29, 0.717) is 11.4 Å². The summed E-state index contributed by atoms with van der Waals surface area (Å²) in [5, 5.41) is 13.7. The summed E-state index contributed by atoms with van der Waals surface area (Å²) in [6.07, 6.45) is 3.04. The molecule has 0 spiro atoms. The zero-order chi connectivity index (χ0) is 16.1. The van der Waals surface area contributed by atoms with E-state index in [4.69, 9.17) is 0 Å². The van der Waals surface area contributed by atoms with Crippen LogP contribution in [-0.4, -0.2) is 23.0 Å². The molecule has 3 rings (SSSR count). The molecule has 0 amide bonds. The van der Waals surface area contributed by atoms with Gasteiger partial charge in [0, 0.05) is 16.3 Å². The fourth-order valence-electron chi connectivity index (χ4n) is 2.06. The monoisotopic (exact) mass is 314 g/mol. The van der Waals surface area contributed by atoms with E-state index >= 15 is 0 Å². The van der Waals surface area contributed by atoms with Crippen molar-refractivity contribution in [2.45, 2.75) is 6.61 Å². The maximum Gasteiger partial charge on any atom is 0.387 e. The van der Waals surface area contributed by atoms with Gasteiger partial charge in [-0.1, -0.05) is 36.4 Å². The lowest BCUT2D eigenvalue weighted by Gasteiger charge is -2.07. The molecule has 0 saturated heterocycles. The van der Waals surface area contributed by atoms with Crippen LogP contribution in [0.2, 0.25) is 0 Å². The predicted octanol–water partition coefficient (Wildman–Crippen LogP) is 3.68. The van der Waals surface area contributed by atoms with Crippen LogP contribution in [0.5, 0.6) is 5.75 Å². The Hall–Kier alpha value is -3.09. The maximum atomic E-state index is 12.4. The molecular formula is C16H12F2N4O. The Balaban J connectivity index is 1.81. The molecule has 0 radical (unpaired) electrons. The minimum absolute atomic E-state index is 0.0528. The molecule has 0 bridgehead atoms. The first-order valence-electron chi connectivity index (χ1n) is 6.77. The summed E-state index contributed by atoms with van der Waals surface area (Å²) in [5.74, 6) is 0.531. The number of benzene rings is 2. The second-order valence-electron chi connectivity index (χ2n) is 4.57. The highest BCUT2D eigenvalue weighted by molar-refractivity contribution is 5.91. The third-order valence-corrected chi connectivity index (χ3v) is 3.08. The number of rotatable bonds is 5. The van der Waals surface area contributed by atoms with Gasteiger partial charge in [0.2, 0.25) is 0 Å².